The van der Waals surface area contributed by atoms with E-state index in [4.69, 9.17) is 4.74 Å². The average Bonchev–Trinajstić information content (AvgIpc) is 3.15. The lowest BCUT2D eigenvalue weighted by atomic mass is 9.97. The molecule has 0 bridgehead atoms. The highest BCUT2D eigenvalue weighted by Gasteiger charge is 2.31. The summed E-state index contributed by atoms with van der Waals surface area (Å²) in [4.78, 5) is 12.3. The van der Waals surface area contributed by atoms with Gasteiger partial charge in [0.25, 0.3) is 0 Å². The maximum absolute atomic E-state index is 12.7. The first-order valence-corrected chi connectivity index (χ1v) is 11.0. The molecule has 2 fully saturated rings. The fourth-order valence-corrected chi connectivity index (χ4v) is 5.29. The van der Waals surface area contributed by atoms with Gasteiger partial charge < -0.3 is 10.1 Å². The molecule has 6 nitrogen and oxygen atoms in total. The van der Waals surface area contributed by atoms with Gasteiger partial charge in [-0.1, -0.05) is 24.3 Å². The van der Waals surface area contributed by atoms with Gasteiger partial charge in [0.2, 0.25) is 15.9 Å². The van der Waals surface area contributed by atoms with E-state index in [1.165, 1.54) is 4.31 Å². The first-order chi connectivity index (χ1) is 12.5. The second kappa shape index (κ2) is 8.50. The van der Waals surface area contributed by atoms with Gasteiger partial charge in [-0.05, 0) is 43.7 Å². The molecule has 3 rings (SSSR count). The highest BCUT2D eigenvalue weighted by atomic mass is 32.2. The van der Waals surface area contributed by atoms with Gasteiger partial charge in [-0.3, -0.25) is 4.79 Å². The van der Waals surface area contributed by atoms with E-state index in [-0.39, 0.29) is 23.7 Å². The molecule has 1 atom stereocenters. The number of sulfonamides is 1. The van der Waals surface area contributed by atoms with Crippen LogP contribution in [-0.2, 0) is 25.3 Å². The number of nitrogens with one attached hydrogen (secondary N) is 1. The maximum Gasteiger partial charge on any atom is 0.223 e. The van der Waals surface area contributed by atoms with Crippen molar-refractivity contribution in [2.75, 3.05) is 26.2 Å². The number of aryl methyl sites for hydroxylation is 1. The standard InChI is InChI=1S/C19H28N2O4S/c1-15-5-2-3-6-17(15)14-26(23,24)21-10-8-16(9-11-21)19(22)20-13-18-7-4-12-25-18/h2-3,5-6,16,18H,4,7-14H2,1H3,(H,20,22)/t18-/m1/s1. The topological polar surface area (TPSA) is 75.7 Å². The number of carbonyl (C=O) groups is 1. The second-order valence-electron chi connectivity index (χ2n) is 7.24. The second-order valence-corrected chi connectivity index (χ2v) is 9.21. The Morgan fingerprint density at radius 1 is 1.23 bits per heavy atom. The van der Waals surface area contributed by atoms with Crippen molar-refractivity contribution in [2.45, 2.75) is 44.5 Å². The van der Waals surface area contributed by atoms with Crippen LogP contribution in [0.5, 0.6) is 0 Å². The fourth-order valence-electron chi connectivity index (χ4n) is 3.62. The predicted octanol–water partition coefficient (Wildman–Crippen LogP) is 1.83. The fraction of sp³-hybridized carbons (Fsp3) is 0.632. The molecule has 0 aliphatic carbocycles. The lowest BCUT2D eigenvalue weighted by molar-refractivity contribution is -0.126. The molecule has 0 aromatic heterocycles. The summed E-state index contributed by atoms with van der Waals surface area (Å²) in [5.74, 6) is -0.0620. The van der Waals surface area contributed by atoms with Gasteiger partial charge in [0.05, 0.1) is 11.9 Å². The Morgan fingerprint density at radius 3 is 2.62 bits per heavy atom. The molecule has 0 spiro atoms. The zero-order chi connectivity index (χ0) is 18.6. The van der Waals surface area contributed by atoms with Crippen LogP contribution < -0.4 is 5.32 Å². The third kappa shape index (κ3) is 4.84. The predicted molar refractivity (Wildman–Crippen MR) is 100 cm³/mol. The van der Waals surface area contributed by atoms with Gasteiger partial charge in [0.15, 0.2) is 0 Å². The molecule has 1 aromatic rings. The first-order valence-electron chi connectivity index (χ1n) is 9.37. The number of rotatable bonds is 6. The van der Waals surface area contributed by atoms with Crippen LogP contribution in [-0.4, -0.2) is 51.0 Å². The smallest absolute Gasteiger partial charge is 0.223 e. The monoisotopic (exact) mass is 380 g/mol. The number of ether oxygens (including phenoxy) is 1. The van der Waals surface area contributed by atoms with E-state index in [1.807, 2.05) is 31.2 Å². The molecule has 0 unspecified atom stereocenters. The molecule has 1 aromatic carbocycles. The SMILES string of the molecule is Cc1ccccc1CS(=O)(=O)N1CCC(C(=O)NC[C@H]2CCCO2)CC1. The Kier molecular flexibility index (Phi) is 6.32. The maximum atomic E-state index is 12.7. The van der Waals surface area contributed by atoms with E-state index in [0.29, 0.717) is 32.5 Å². The summed E-state index contributed by atoms with van der Waals surface area (Å²) in [7, 11) is -3.35. The normalized spacial score (nSPS) is 22.4. The van der Waals surface area contributed by atoms with Crippen LogP contribution in [0.15, 0.2) is 24.3 Å². The molecule has 0 saturated carbocycles. The van der Waals surface area contributed by atoms with Crippen LogP contribution in [0.3, 0.4) is 0 Å². The zero-order valence-electron chi connectivity index (χ0n) is 15.3. The lowest BCUT2D eigenvalue weighted by Crippen LogP contribution is -2.44. The van der Waals surface area contributed by atoms with Gasteiger partial charge in [-0.25, -0.2) is 12.7 Å². The molecule has 2 heterocycles. The number of carbonyl (C=O) groups excluding carboxylic acids is 1. The highest BCUT2D eigenvalue weighted by molar-refractivity contribution is 7.88. The summed E-state index contributed by atoms with van der Waals surface area (Å²) < 4.78 is 32.4. The Bertz CT molecular complexity index is 721. The van der Waals surface area contributed by atoms with Crippen molar-refractivity contribution < 1.29 is 17.9 Å². The van der Waals surface area contributed by atoms with E-state index in [9.17, 15) is 13.2 Å². The van der Waals surface area contributed by atoms with Gasteiger partial charge in [0, 0.05) is 32.2 Å². The van der Waals surface area contributed by atoms with Crippen molar-refractivity contribution in [1.82, 2.24) is 9.62 Å². The van der Waals surface area contributed by atoms with E-state index < -0.39 is 10.0 Å². The minimum absolute atomic E-state index is 0.0234. The Labute approximate surface area is 156 Å². The average molecular weight is 381 g/mol. The van der Waals surface area contributed by atoms with Crippen LogP contribution in [0, 0.1) is 12.8 Å². The molecule has 26 heavy (non-hydrogen) atoms. The minimum Gasteiger partial charge on any atom is -0.376 e. The summed E-state index contributed by atoms with van der Waals surface area (Å²) in [6.45, 7) is 4.08. The molecule has 2 aliphatic rings. The summed E-state index contributed by atoms with van der Waals surface area (Å²) >= 11 is 0. The number of nitrogens with zero attached hydrogens (tertiary/aromatic N) is 1. The van der Waals surface area contributed by atoms with Crippen LogP contribution in [0.1, 0.15) is 36.8 Å². The first kappa shape index (κ1) is 19.3. The van der Waals surface area contributed by atoms with Crippen molar-refractivity contribution in [2.24, 2.45) is 5.92 Å². The molecule has 2 saturated heterocycles. The Balaban J connectivity index is 1.49. The van der Waals surface area contributed by atoms with Gasteiger partial charge in [0.1, 0.15) is 0 Å². The lowest BCUT2D eigenvalue weighted by Gasteiger charge is -2.31. The van der Waals surface area contributed by atoms with Crippen LogP contribution >= 0.6 is 0 Å². The van der Waals surface area contributed by atoms with Crippen molar-refractivity contribution in [3.8, 4) is 0 Å². The molecule has 0 radical (unpaired) electrons. The molecular weight excluding hydrogens is 352 g/mol. The van der Waals surface area contributed by atoms with Crippen LogP contribution in [0.25, 0.3) is 0 Å². The summed E-state index contributed by atoms with van der Waals surface area (Å²) in [6.07, 6.45) is 3.33. The Morgan fingerprint density at radius 2 is 1.96 bits per heavy atom. The molecule has 144 valence electrons. The third-order valence-corrected chi connectivity index (χ3v) is 7.17. The number of benzene rings is 1. The summed E-state index contributed by atoms with van der Waals surface area (Å²) in [5, 5.41) is 2.96. The quantitative estimate of drug-likeness (QED) is 0.817. The van der Waals surface area contributed by atoms with Crippen molar-refractivity contribution in [3.05, 3.63) is 35.4 Å². The van der Waals surface area contributed by atoms with Crippen molar-refractivity contribution >= 4 is 15.9 Å². The molecule has 2 aliphatic heterocycles. The summed E-state index contributed by atoms with van der Waals surface area (Å²) in [6, 6.07) is 7.56. The number of hydrogen-bond acceptors (Lipinski definition) is 4. The van der Waals surface area contributed by atoms with Crippen LogP contribution in [0.4, 0.5) is 0 Å². The third-order valence-electron chi connectivity index (χ3n) is 5.35. The van der Waals surface area contributed by atoms with Gasteiger partial charge in [-0.15, -0.1) is 0 Å². The van der Waals surface area contributed by atoms with E-state index in [2.05, 4.69) is 5.32 Å². The zero-order valence-corrected chi connectivity index (χ0v) is 16.1. The van der Waals surface area contributed by atoms with Crippen molar-refractivity contribution in [3.63, 3.8) is 0 Å². The molecule has 7 heteroatoms. The van der Waals surface area contributed by atoms with Gasteiger partial charge in [-0.2, -0.15) is 0 Å². The number of amides is 1. The van der Waals surface area contributed by atoms with E-state index in [1.54, 1.807) is 0 Å². The van der Waals surface area contributed by atoms with E-state index >= 15 is 0 Å². The summed E-state index contributed by atoms with van der Waals surface area (Å²) in [5.41, 5.74) is 1.82. The minimum atomic E-state index is -3.35. The largest absolute Gasteiger partial charge is 0.376 e. The van der Waals surface area contributed by atoms with Crippen LogP contribution in [0.2, 0.25) is 0 Å². The van der Waals surface area contributed by atoms with E-state index in [0.717, 1.165) is 30.6 Å². The molecular formula is C19H28N2O4S. The molecule has 1 N–H and O–H groups in total. The van der Waals surface area contributed by atoms with Gasteiger partial charge >= 0.3 is 0 Å². The van der Waals surface area contributed by atoms with Crippen molar-refractivity contribution in [1.29, 1.82) is 0 Å². The number of piperidine rings is 1. The number of hydrogen-bond donors (Lipinski definition) is 1. The molecule has 1 amide bonds. The highest BCUT2D eigenvalue weighted by Crippen LogP contribution is 2.23. The Hall–Kier alpha value is -1.44.